The van der Waals surface area contributed by atoms with E-state index in [4.69, 9.17) is 16.9 Å². The topological polar surface area (TPSA) is 109 Å². The van der Waals surface area contributed by atoms with Crippen molar-refractivity contribution in [2.24, 2.45) is 0 Å². The average Bonchev–Trinajstić information content (AvgIpc) is 3.03. The molecule has 1 amide bonds. The van der Waals surface area contributed by atoms with Crippen molar-refractivity contribution in [3.05, 3.63) is 59.4 Å². The molecule has 3 aromatic rings. The molecule has 0 aromatic carbocycles. The van der Waals surface area contributed by atoms with Crippen molar-refractivity contribution in [1.29, 1.82) is 5.26 Å². The van der Waals surface area contributed by atoms with Gasteiger partial charge in [0.2, 0.25) is 0 Å². The van der Waals surface area contributed by atoms with Gasteiger partial charge in [-0.15, -0.1) is 5.10 Å². The molecule has 0 unspecified atom stereocenters. The number of nitriles is 1. The Morgan fingerprint density at radius 3 is 2.83 bits per heavy atom. The standard InChI is InChI=1S/C14H8ClN7O/c15-10-2-1-4-17-13(10)22-5-3-12(21-22)20-14(23)11-8-18-9(6-16)7-19-11/h1-5,7-8H,(H,20,21,23). The van der Waals surface area contributed by atoms with Crippen molar-refractivity contribution in [3.63, 3.8) is 0 Å². The molecule has 8 nitrogen and oxygen atoms in total. The summed E-state index contributed by atoms with van der Waals surface area (Å²) in [5.74, 6) is 0.273. The second-order valence-electron chi connectivity index (χ2n) is 4.31. The van der Waals surface area contributed by atoms with Gasteiger partial charge in [0.05, 0.1) is 17.4 Å². The van der Waals surface area contributed by atoms with E-state index in [0.717, 1.165) is 0 Å². The van der Waals surface area contributed by atoms with Gasteiger partial charge in [-0.1, -0.05) is 11.6 Å². The van der Waals surface area contributed by atoms with Gasteiger partial charge in [0.1, 0.15) is 11.8 Å². The number of rotatable bonds is 3. The molecule has 23 heavy (non-hydrogen) atoms. The van der Waals surface area contributed by atoms with E-state index in [0.29, 0.717) is 16.7 Å². The van der Waals surface area contributed by atoms with Crippen LogP contribution in [0.25, 0.3) is 5.82 Å². The Labute approximate surface area is 135 Å². The molecule has 0 bridgehead atoms. The van der Waals surface area contributed by atoms with Crippen LogP contribution < -0.4 is 5.32 Å². The fourth-order valence-corrected chi connectivity index (χ4v) is 1.95. The molecule has 0 atom stereocenters. The Morgan fingerprint density at radius 2 is 2.13 bits per heavy atom. The van der Waals surface area contributed by atoms with Crippen LogP contribution in [0.5, 0.6) is 0 Å². The molecule has 112 valence electrons. The van der Waals surface area contributed by atoms with Crippen LogP contribution in [0.15, 0.2) is 43.0 Å². The molecule has 0 saturated heterocycles. The number of carbonyl (C=O) groups excluding carboxylic acids is 1. The van der Waals surface area contributed by atoms with Crippen LogP contribution in [0, 0.1) is 11.3 Å². The summed E-state index contributed by atoms with van der Waals surface area (Å²) in [7, 11) is 0. The Kier molecular flexibility index (Phi) is 3.95. The van der Waals surface area contributed by atoms with Gasteiger partial charge in [-0.25, -0.2) is 19.6 Å². The SMILES string of the molecule is N#Cc1cnc(C(=O)Nc2ccn(-c3ncccc3Cl)n2)cn1. The van der Waals surface area contributed by atoms with Gasteiger partial charge in [0.25, 0.3) is 5.91 Å². The van der Waals surface area contributed by atoms with E-state index in [1.807, 2.05) is 6.07 Å². The first-order valence-electron chi connectivity index (χ1n) is 6.37. The van der Waals surface area contributed by atoms with E-state index in [9.17, 15) is 4.79 Å². The lowest BCUT2D eigenvalue weighted by Crippen LogP contribution is -2.15. The summed E-state index contributed by atoms with van der Waals surface area (Å²) in [4.78, 5) is 23.8. The van der Waals surface area contributed by atoms with Gasteiger partial charge < -0.3 is 5.32 Å². The van der Waals surface area contributed by atoms with Crippen LogP contribution in [0.4, 0.5) is 5.82 Å². The first kappa shape index (κ1) is 14.6. The van der Waals surface area contributed by atoms with Gasteiger partial charge in [-0.3, -0.25) is 4.79 Å². The number of aromatic nitrogens is 5. The van der Waals surface area contributed by atoms with Gasteiger partial charge in [0.15, 0.2) is 17.3 Å². The van der Waals surface area contributed by atoms with Gasteiger partial charge >= 0.3 is 0 Å². The lowest BCUT2D eigenvalue weighted by Gasteiger charge is -2.03. The smallest absolute Gasteiger partial charge is 0.277 e. The fourth-order valence-electron chi connectivity index (χ4n) is 1.74. The summed E-state index contributed by atoms with van der Waals surface area (Å²) >= 11 is 6.04. The first-order valence-corrected chi connectivity index (χ1v) is 6.75. The number of hydrogen-bond donors (Lipinski definition) is 1. The fraction of sp³-hybridized carbons (Fsp3) is 0. The van der Waals surface area contributed by atoms with Gasteiger partial charge in [-0.05, 0) is 12.1 Å². The molecule has 0 aliphatic rings. The predicted octanol–water partition coefficient (Wildman–Crippen LogP) is 1.83. The molecule has 0 spiro atoms. The number of halogens is 1. The van der Waals surface area contributed by atoms with Crippen LogP contribution in [-0.4, -0.2) is 30.6 Å². The Bertz CT molecular complexity index is 898. The van der Waals surface area contributed by atoms with E-state index < -0.39 is 5.91 Å². The molecule has 9 heteroatoms. The number of nitrogens with one attached hydrogen (secondary N) is 1. The number of amides is 1. The Morgan fingerprint density at radius 1 is 1.26 bits per heavy atom. The molecule has 0 fully saturated rings. The predicted molar refractivity (Wildman–Crippen MR) is 81.1 cm³/mol. The number of hydrogen-bond acceptors (Lipinski definition) is 6. The normalized spacial score (nSPS) is 10.1. The second kappa shape index (κ2) is 6.21. The molecular formula is C14H8ClN7O. The van der Waals surface area contributed by atoms with Crippen LogP contribution in [0.1, 0.15) is 16.2 Å². The monoisotopic (exact) mass is 325 g/mol. The van der Waals surface area contributed by atoms with Crippen molar-refractivity contribution in [2.45, 2.75) is 0 Å². The molecule has 0 aliphatic heterocycles. The summed E-state index contributed by atoms with van der Waals surface area (Å²) in [5, 5.41) is 15.8. The minimum atomic E-state index is -0.487. The maximum atomic E-state index is 12.0. The molecule has 0 saturated carbocycles. The van der Waals surface area contributed by atoms with Crippen LogP contribution in [0.2, 0.25) is 5.02 Å². The largest absolute Gasteiger partial charge is 0.304 e. The van der Waals surface area contributed by atoms with Crippen molar-refractivity contribution in [3.8, 4) is 11.9 Å². The van der Waals surface area contributed by atoms with Crippen LogP contribution >= 0.6 is 11.6 Å². The zero-order chi connectivity index (χ0) is 16.2. The highest BCUT2D eigenvalue weighted by molar-refractivity contribution is 6.32. The van der Waals surface area contributed by atoms with E-state index >= 15 is 0 Å². The molecular weight excluding hydrogens is 318 g/mol. The number of nitrogens with zero attached hydrogens (tertiary/aromatic N) is 6. The van der Waals surface area contributed by atoms with E-state index in [-0.39, 0.29) is 11.4 Å². The number of anilines is 1. The molecule has 1 N–H and O–H groups in total. The minimum absolute atomic E-state index is 0.0782. The lowest BCUT2D eigenvalue weighted by atomic mass is 10.4. The van der Waals surface area contributed by atoms with E-state index in [2.05, 4.69) is 25.4 Å². The third-order valence-corrected chi connectivity index (χ3v) is 3.08. The maximum Gasteiger partial charge on any atom is 0.277 e. The first-order chi connectivity index (χ1) is 11.2. The zero-order valence-electron chi connectivity index (χ0n) is 11.5. The number of pyridine rings is 1. The van der Waals surface area contributed by atoms with E-state index in [1.165, 1.54) is 17.1 Å². The summed E-state index contributed by atoms with van der Waals surface area (Å²) in [6, 6.07) is 6.83. The van der Waals surface area contributed by atoms with Crippen molar-refractivity contribution >= 4 is 23.3 Å². The summed E-state index contributed by atoms with van der Waals surface area (Å²) in [6.07, 6.45) is 5.66. The van der Waals surface area contributed by atoms with Crippen LogP contribution in [-0.2, 0) is 0 Å². The van der Waals surface area contributed by atoms with Crippen molar-refractivity contribution < 1.29 is 4.79 Å². The van der Waals surface area contributed by atoms with Crippen molar-refractivity contribution in [1.82, 2.24) is 24.7 Å². The third-order valence-electron chi connectivity index (χ3n) is 2.79. The second-order valence-corrected chi connectivity index (χ2v) is 4.71. The number of carbonyl (C=O) groups is 1. The average molecular weight is 326 g/mol. The molecule has 3 aromatic heterocycles. The van der Waals surface area contributed by atoms with Gasteiger partial charge in [0, 0.05) is 18.5 Å². The highest BCUT2D eigenvalue weighted by atomic mass is 35.5. The third kappa shape index (κ3) is 3.14. The quantitative estimate of drug-likeness (QED) is 0.786. The maximum absolute atomic E-state index is 12.0. The van der Waals surface area contributed by atoms with Gasteiger partial charge in [-0.2, -0.15) is 5.26 Å². The zero-order valence-corrected chi connectivity index (χ0v) is 12.3. The Balaban J connectivity index is 1.77. The summed E-state index contributed by atoms with van der Waals surface area (Å²) in [5.41, 5.74) is 0.213. The summed E-state index contributed by atoms with van der Waals surface area (Å²) in [6.45, 7) is 0. The Hall–Kier alpha value is -3.31. The van der Waals surface area contributed by atoms with E-state index in [1.54, 1.807) is 30.6 Å². The minimum Gasteiger partial charge on any atom is -0.304 e. The molecule has 0 radical (unpaired) electrons. The molecule has 0 aliphatic carbocycles. The highest BCUT2D eigenvalue weighted by Crippen LogP contribution is 2.17. The molecule has 3 rings (SSSR count). The highest BCUT2D eigenvalue weighted by Gasteiger charge is 2.11. The molecule has 3 heterocycles. The van der Waals surface area contributed by atoms with Crippen LogP contribution in [0.3, 0.4) is 0 Å². The van der Waals surface area contributed by atoms with Crippen molar-refractivity contribution in [2.75, 3.05) is 5.32 Å². The lowest BCUT2D eigenvalue weighted by molar-refractivity contribution is 0.102. The summed E-state index contributed by atoms with van der Waals surface area (Å²) < 4.78 is 1.45.